The zero-order chi connectivity index (χ0) is 28.5. The molecule has 2 aliphatic heterocycles. The van der Waals surface area contributed by atoms with Crippen LogP contribution in [0.4, 0.5) is 0 Å². The van der Waals surface area contributed by atoms with Gasteiger partial charge in [-0.05, 0) is 59.0 Å². The minimum Gasteiger partial charge on any atom is -1.00 e. The molecule has 0 radical (unpaired) electrons. The number of benzene rings is 2. The molecule has 2 aromatic heterocycles. The van der Waals surface area contributed by atoms with Crippen molar-refractivity contribution in [3.63, 3.8) is 0 Å². The summed E-state index contributed by atoms with van der Waals surface area (Å²) in [7, 11) is 0. The average Bonchev–Trinajstić information content (AvgIpc) is 3.42. The molecule has 0 saturated carbocycles. The van der Waals surface area contributed by atoms with E-state index in [1.54, 1.807) is 6.92 Å². The van der Waals surface area contributed by atoms with E-state index in [9.17, 15) is 4.79 Å². The Morgan fingerprint density at radius 2 is 1.37 bits per heavy atom. The summed E-state index contributed by atoms with van der Waals surface area (Å²) in [6.07, 6.45) is 3.84. The molecule has 4 aromatic rings. The minimum atomic E-state index is -1.02. The number of imidazole rings is 2. The molecule has 212 valence electrons. The van der Waals surface area contributed by atoms with Gasteiger partial charge in [-0.2, -0.15) is 16.5 Å². The van der Waals surface area contributed by atoms with Crippen LogP contribution in [0.2, 0.25) is 0 Å². The van der Waals surface area contributed by atoms with Gasteiger partial charge in [-0.3, -0.25) is 0 Å². The van der Waals surface area contributed by atoms with Crippen LogP contribution in [0.15, 0.2) is 57.7 Å². The largest absolute Gasteiger partial charge is 2.00 e. The van der Waals surface area contributed by atoms with Gasteiger partial charge in [-0.25, -0.2) is 14.8 Å². The minimum absolute atomic E-state index is 0. The zero-order valence-corrected chi connectivity index (χ0v) is 30.0. The smallest absolute Gasteiger partial charge is 1.00 e. The van der Waals surface area contributed by atoms with Crippen molar-refractivity contribution in [3.05, 3.63) is 74.1 Å². The summed E-state index contributed by atoms with van der Waals surface area (Å²) in [4.78, 5) is 35.9. The molecule has 2 aliphatic rings. The van der Waals surface area contributed by atoms with Crippen LogP contribution in [-0.2, 0) is 22.7 Å². The number of carbonyl (C=O) groups excluding carboxylic acids is 2. The maximum atomic E-state index is 11.0. The molecule has 0 saturated heterocycles. The number of aromatic carboxylic acids is 1. The maximum Gasteiger partial charge on any atom is 2.00 e. The first-order valence-electron chi connectivity index (χ1n) is 11.4. The predicted molar refractivity (Wildman–Crippen MR) is 163 cm³/mol. The first-order valence-corrected chi connectivity index (χ1v) is 14.1. The first-order chi connectivity index (χ1) is 18.8. The maximum absolute atomic E-state index is 11.0. The normalized spacial score (nSPS) is 11.4. The summed E-state index contributed by atoms with van der Waals surface area (Å²) < 4.78 is 18.2. The standard InChI is InChI=1S/C12H9BrN2O3.C11H8BrIN2O.C2H5.CO2.BrH.Mg/c13-7-1-2-10-8(5-7)11-14-9(12(16)17)6-15(11)3-4-18-10;12-7-1-2-9-8(5-7)11-14-10(13)6-15(11)3-4-16-9;1-2;2-1-3;;/h1-2,5-6H,3-4H2,(H,16,17);1-2,5-6H,3-4H2;1H2,2H3;;1H;/q;;-1;;;+2/p-1. The van der Waals surface area contributed by atoms with Gasteiger partial charge in [0.25, 0.3) is 0 Å². The Bertz CT molecular complexity index is 1510. The average molecular weight is 877 g/mol. The number of carboxylic acid groups (broad SMARTS) is 1. The third-order valence-corrected chi connectivity index (χ3v) is 6.79. The fourth-order valence-corrected chi connectivity index (χ4v) is 5.07. The van der Waals surface area contributed by atoms with Crippen molar-refractivity contribution >= 4 is 89.6 Å². The number of nitrogens with zero attached hydrogens (tertiary/aromatic N) is 4. The molecule has 0 aliphatic carbocycles. The third kappa shape index (κ3) is 9.63. The number of ether oxygens (including phenoxy) is 2. The van der Waals surface area contributed by atoms with Crippen LogP contribution in [0, 0.1) is 10.6 Å². The number of aromatic nitrogens is 4. The number of hydrogen-bond acceptors (Lipinski definition) is 7. The van der Waals surface area contributed by atoms with E-state index in [0.29, 0.717) is 25.6 Å². The van der Waals surface area contributed by atoms with E-state index in [0.717, 1.165) is 47.6 Å². The number of fused-ring (bicyclic) bond motifs is 6. The van der Waals surface area contributed by atoms with Crippen LogP contribution in [0.5, 0.6) is 11.5 Å². The van der Waals surface area contributed by atoms with Crippen molar-refractivity contribution < 1.29 is 45.9 Å². The molecule has 0 amide bonds. The second-order valence-electron chi connectivity index (χ2n) is 7.59. The van der Waals surface area contributed by atoms with Gasteiger partial charge in [0.05, 0.1) is 24.2 Å². The van der Waals surface area contributed by atoms with Gasteiger partial charge in [0.15, 0.2) is 5.69 Å². The Morgan fingerprint density at radius 1 is 0.927 bits per heavy atom. The Labute approximate surface area is 293 Å². The van der Waals surface area contributed by atoms with Crippen molar-refractivity contribution in [3.8, 4) is 34.3 Å². The van der Waals surface area contributed by atoms with Gasteiger partial charge in [-0.15, -0.1) is 0 Å². The second-order valence-corrected chi connectivity index (χ2v) is 10.5. The Hall–Kier alpha value is -1.75. The van der Waals surface area contributed by atoms with E-state index in [1.165, 1.54) is 6.20 Å². The van der Waals surface area contributed by atoms with Crippen molar-refractivity contribution in [1.82, 2.24) is 19.1 Å². The number of rotatable bonds is 1. The molecule has 10 nitrogen and oxygen atoms in total. The molecule has 41 heavy (non-hydrogen) atoms. The van der Waals surface area contributed by atoms with E-state index in [4.69, 9.17) is 24.2 Å². The van der Waals surface area contributed by atoms with Crippen LogP contribution >= 0.6 is 54.5 Å². The number of halogens is 4. The molecule has 0 unspecified atom stereocenters. The summed E-state index contributed by atoms with van der Waals surface area (Å²) in [6, 6.07) is 11.6. The molecule has 0 spiro atoms. The Kier molecular flexibility index (Phi) is 16.4. The Balaban J connectivity index is 0.000000342. The number of carbonyl (C=O) groups is 1. The molecule has 6 rings (SSSR count). The summed E-state index contributed by atoms with van der Waals surface area (Å²) in [5, 5.41) is 8.99. The fraction of sp³-hybridized carbons (Fsp3) is 0.192. The molecule has 0 bridgehead atoms. The van der Waals surface area contributed by atoms with Gasteiger partial charge in [-0.1, -0.05) is 31.9 Å². The monoisotopic (exact) mass is 874 g/mol. The van der Waals surface area contributed by atoms with Gasteiger partial charge in [0, 0.05) is 21.3 Å². The molecule has 4 heterocycles. The molecular weight excluding hydrogens is 855 g/mol. The van der Waals surface area contributed by atoms with Crippen molar-refractivity contribution in [2.45, 2.75) is 20.0 Å². The van der Waals surface area contributed by atoms with E-state index < -0.39 is 5.97 Å². The van der Waals surface area contributed by atoms with E-state index >= 15 is 0 Å². The third-order valence-electron chi connectivity index (χ3n) is 5.29. The van der Waals surface area contributed by atoms with Crippen molar-refractivity contribution in [1.29, 1.82) is 0 Å². The fourth-order valence-electron chi connectivity index (χ4n) is 3.79. The van der Waals surface area contributed by atoms with Crippen LogP contribution in [0.25, 0.3) is 22.8 Å². The molecular formula is C26H22Br3IMgN4O6. The number of hydrogen-bond donors (Lipinski definition) is 1. The van der Waals surface area contributed by atoms with Gasteiger partial charge in [0.1, 0.15) is 40.1 Å². The zero-order valence-electron chi connectivity index (χ0n) is 21.7. The summed E-state index contributed by atoms with van der Waals surface area (Å²) in [5.41, 5.74) is 1.90. The van der Waals surface area contributed by atoms with E-state index in [-0.39, 0.29) is 51.9 Å². The van der Waals surface area contributed by atoms with Gasteiger partial charge >= 0.3 is 35.2 Å². The molecule has 0 fully saturated rings. The molecule has 15 heteroatoms. The van der Waals surface area contributed by atoms with Crippen LogP contribution < -0.4 is 26.5 Å². The molecule has 2 aromatic carbocycles. The predicted octanol–water partition coefficient (Wildman–Crippen LogP) is 2.59. The van der Waals surface area contributed by atoms with Gasteiger partial charge < -0.3 is 47.6 Å². The van der Waals surface area contributed by atoms with E-state index in [1.807, 2.05) is 34.9 Å². The summed E-state index contributed by atoms with van der Waals surface area (Å²) in [5.74, 6) is 2.22. The Morgan fingerprint density at radius 3 is 1.83 bits per heavy atom. The first kappa shape index (κ1) is 37.3. The van der Waals surface area contributed by atoms with Gasteiger partial charge in [0.2, 0.25) is 0 Å². The van der Waals surface area contributed by atoms with Crippen LogP contribution in [-0.4, -0.2) is 72.6 Å². The van der Waals surface area contributed by atoms with Crippen LogP contribution in [0.3, 0.4) is 0 Å². The van der Waals surface area contributed by atoms with E-state index in [2.05, 4.69) is 88.2 Å². The molecule has 1 N–H and O–H groups in total. The SMILES string of the molecule is Brc1ccc2c(c1)-c1nc(I)cn1CCO2.O=C(O)c1cn2c(n1)-c1cc(Br)ccc1OCC2.O=C=O.[Br-].[CH2-]C.[Mg+2]. The van der Waals surface area contributed by atoms with Crippen molar-refractivity contribution in [2.75, 3.05) is 13.2 Å². The number of carboxylic acids is 1. The second kappa shape index (κ2) is 18.0. The summed E-state index contributed by atoms with van der Waals surface area (Å²) in [6.45, 7) is 7.62. The van der Waals surface area contributed by atoms with Crippen molar-refractivity contribution in [2.24, 2.45) is 0 Å². The quantitative estimate of drug-likeness (QED) is 0.176. The summed E-state index contributed by atoms with van der Waals surface area (Å²) >= 11 is 9.11. The van der Waals surface area contributed by atoms with Crippen LogP contribution in [0.1, 0.15) is 17.4 Å². The molecule has 0 atom stereocenters. The topological polar surface area (TPSA) is 126 Å².